The summed E-state index contributed by atoms with van der Waals surface area (Å²) >= 11 is 0. The average Bonchev–Trinajstić information content (AvgIpc) is 2.73. The second-order valence-corrected chi connectivity index (χ2v) is 4.76. The normalized spacial score (nSPS) is 22.5. The van der Waals surface area contributed by atoms with Gasteiger partial charge in [-0.15, -0.1) is 0 Å². The van der Waals surface area contributed by atoms with Crippen LogP contribution in [0.1, 0.15) is 19.3 Å². The van der Waals surface area contributed by atoms with E-state index >= 15 is 0 Å². The number of nitrogens with zero attached hydrogens (tertiary/aromatic N) is 1. The number of aliphatic hydroxyl groups excluding tert-OH is 1. The predicted octanol–water partition coefficient (Wildman–Crippen LogP) is 2.45. The number of aliphatic hydroxyl groups is 1. The van der Waals surface area contributed by atoms with Gasteiger partial charge in [-0.3, -0.25) is 10.1 Å². The molecule has 1 aromatic carbocycles. The third-order valence-electron chi connectivity index (χ3n) is 3.32. The maximum atomic E-state index is 13.6. The lowest BCUT2D eigenvalue weighted by molar-refractivity contribution is -0.385. The van der Waals surface area contributed by atoms with E-state index < -0.39 is 22.2 Å². The zero-order chi connectivity index (χ0) is 14.0. The molecule has 0 spiro atoms. The number of rotatable bonds is 4. The van der Waals surface area contributed by atoms with Crippen LogP contribution in [-0.4, -0.2) is 22.7 Å². The fraction of sp³-hybridized carbons (Fsp3) is 0.500. The van der Waals surface area contributed by atoms with E-state index in [1.807, 2.05) is 0 Å². The van der Waals surface area contributed by atoms with Crippen LogP contribution in [0, 0.1) is 27.7 Å². The Bertz CT molecular complexity index is 473. The first-order valence-corrected chi connectivity index (χ1v) is 6.02. The molecule has 1 aromatic rings. The summed E-state index contributed by atoms with van der Waals surface area (Å²) in [6.45, 7) is 0.336. The monoisotopic (exact) mass is 272 g/mol. The molecule has 0 radical (unpaired) electrons. The molecule has 1 aliphatic rings. The van der Waals surface area contributed by atoms with Crippen LogP contribution < -0.4 is 5.32 Å². The highest BCUT2D eigenvalue weighted by atomic mass is 19.1. The van der Waals surface area contributed by atoms with Gasteiger partial charge >= 0.3 is 0 Å². The molecule has 0 saturated heterocycles. The Morgan fingerprint density at radius 2 is 2.00 bits per heavy atom. The van der Waals surface area contributed by atoms with Crippen molar-refractivity contribution in [2.45, 2.75) is 25.4 Å². The predicted molar refractivity (Wildman–Crippen MR) is 64.8 cm³/mol. The number of non-ortho nitro benzene ring substituents is 1. The van der Waals surface area contributed by atoms with Crippen molar-refractivity contribution in [3.8, 4) is 0 Å². The number of halogens is 2. The van der Waals surface area contributed by atoms with Crippen LogP contribution in [0.5, 0.6) is 0 Å². The van der Waals surface area contributed by atoms with Gasteiger partial charge in [-0.25, -0.2) is 8.78 Å². The van der Waals surface area contributed by atoms with Gasteiger partial charge in [-0.1, -0.05) is 0 Å². The minimum Gasteiger partial charge on any atom is -0.393 e. The number of nitrogens with one attached hydrogen (secondary N) is 1. The first kappa shape index (κ1) is 13.7. The maximum absolute atomic E-state index is 13.6. The minimum absolute atomic E-state index is 0.156. The van der Waals surface area contributed by atoms with Crippen LogP contribution in [0.25, 0.3) is 0 Å². The van der Waals surface area contributed by atoms with Gasteiger partial charge in [0.2, 0.25) is 0 Å². The Hall–Kier alpha value is -1.76. The number of nitro benzene ring substituents is 1. The van der Waals surface area contributed by atoms with Gasteiger partial charge in [0.15, 0.2) is 11.6 Å². The third kappa shape index (κ3) is 3.17. The van der Waals surface area contributed by atoms with E-state index in [1.165, 1.54) is 0 Å². The van der Waals surface area contributed by atoms with Crippen LogP contribution >= 0.6 is 0 Å². The second kappa shape index (κ2) is 5.48. The van der Waals surface area contributed by atoms with Crippen molar-refractivity contribution in [1.29, 1.82) is 0 Å². The Morgan fingerprint density at radius 3 is 2.47 bits per heavy atom. The molecule has 1 fully saturated rings. The molecule has 1 aliphatic carbocycles. The maximum Gasteiger partial charge on any atom is 0.275 e. The average molecular weight is 272 g/mol. The number of benzene rings is 1. The van der Waals surface area contributed by atoms with Crippen molar-refractivity contribution >= 4 is 11.4 Å². The lowest BCUT2D eigenvalue weighted by Gasteiger charge is -2.13. The van der Waals surface area contributed by atoms with Crippen molar-refractivity contribution in [2.75, 3.05) is 11.9 Å². The Labute approximate surface area is 108 Å². The van der Waals surface area contributed by atoms with E-state index in [0.717, 1.165) is 6.42 Å². The highest BCUT2D eigenvalue weighted by molar-refractivity contribution is 5.51. The quantitative estimate of drug-likeness (QED) is 0.652. The molecule has 0 aromatic heterocycles. The third-order valence-corrected chi connectivity index (χ3v) is 3.32. The Kier molecular flexibility index (Phi) is 3.94. The lowest BCUT2D eigenvalue weighted by atomic mass is 10.1. The molecule has 0 heterocycles. The van der Waals surface area contributed by atoms with Crippen molar-refractivity contribution < 1.29 is 18.8 Å². The van der Waals surface area contributed by atoms with Gasteiger partial charge in [-0.2, -0.15) is 0 Å². The summed E-state index contributed by atoms with van der Waals surface area (Å²) < 4.78 is 27.1. The molecule has 5 nitrogen and oxygen atoms in total. The zero-order valence-corrected chi connectivity index (χ0v) is 10.1. The standard InChI is InChI=1S/C12H14F2N2O3/c13-10-4-8(16(18)19)5-11(14)12(10)15-6-7-1-2-9(17)3-7/h4-5,7,9,15,17H,1-3,6H2. The van der Waals surface area contributed by atoms with Gasteiger partial charge in [0.1, 0.15) is 5.69 Å². The fourth-order valence-electron chi connectivity index (χ4n) is 2.31. The smallest absolute Gasteiger partial charge is 0.275 e. The Balaban J connectivity index is 2.06. The van der Waals surface area contributed by atoms with Gasteiger partial charge in [0.05, 0.1) is 23.2 Å². The molecule has 7 heteroatoms. The second-order valence-electron chi connectivity index (χ2n) is 4.76. The van der Waals surface area contributed by atoms with Crippen LogP contribution in [0.4, 0.5) is 20.2 Å². The first-order chi connectivity index (χ1) is 8.97. The van der Waals surface area contributed by atoms with E-state index in [0.29, 0.717) is 31.5 Å². The molecule has 2 unspecified atom stereocenters. The lowest BCUT2D eigenvalue weighted by Crippen LogP contribution is -2.14. The van der Waals surface area contributed by atoms with E-state index in [1.54, 1.807) is 0 Å². The minimum atomic E-state index is -0.981. The molecule has 2 N–H and O–H groups in total. The van der Waals surface area contributed by atoms with Gasteiger partial charge in [-0.05, 0) is 25.2 Å². The van der Waals surface area contributed by atoms with Gasteiger partial charge in [0.25, 0.3) is 5.69 Å². The van der Waals surface area contributed by atoms with Crippen LogP contribution in [0.3, 0.4) is 0 Å². The van der Waals surface area contributed by atoms with Crippen molar-refractivity contribution in [3.05, 3.63) is 33.9 Å². The van der Waals surface area contributed by atoms with E-state index in [9.17, 15) is 24.0 Å². The summed E-state index contributed by atoms with van der Waals surface area (Å²) in [5.74, 6) is -1.81. The van der Waals surface area contributed by atoms with Gasteiger partial charge in [0, 0.05) is 6.54 Å². The summed E-state index contributed by atoms with van der Waals surface area (Å²) in [7, 11) is 0. The highest BCUT2D eigenvalue weighted by Crippen LogP contribution is 2.28. The Morgan fingerprint density at radius 1 is 1.37 bits per heavy atom. The van der Waals surface area contributed by atoms with Crippen LogP contribution in [0.15, 0.2) is 12.1 Å². The summed E-state index contributed by atoms with van der Waals surface area (Å²) in [6, 6.07) is 1.38. The zero-order valence-electron chi connectivity index (χ0n) is 10.1. The first-order valence-electron chi connectivity index (χ1n) is 6.02. The fourth-order valence-corrected chi connectivity index (χ4v) is 2.31. The van der Waals surface area contributed by atoms with Crippen LogP contribution in [-0.2, 0) is 0 Å². The van der Waals surface area contributed by atoms with Gasteiger partial charge < -0.3 is 10.4 Å². The molecule has 0 amide bonds. The topological polar surface area (TPSA) is 75.4 Å². The molecule has 1 saturated carbocycles. The van der Waals surface area contributed by atoms with E-state index in [-0.39, 0.29) is 17.7 Å². The summed E-state index contributed by atoms with van der Waals surface area (Å²) in [6.07, 6.45) is 1.74. The van der Waals surface area contributed by atoms with Crippen LogP contribution in [0.2, 0.25) is 0 Å². The van der Waals surface area contributed by atoms with Crippen molar-refractivity contribution in [1.82, 2.24) is 0 Å². The molecule has 0 aliphatic heterocycles. The summed E-state index contributed by atoms with van der Waals surface area (Å²) in [5, 5.41) is 22.4. The molecule has 2 rings (SSSR count). The van der Waals surface area contributed by atoms with E-state index in [2.05, 4.69) is 5.32 Å². The van der Waals surface area contributed by atoms with Crippen molar-refractivity contribution in [3.63, 3.8) is 0 Å². The molecule has 2 atom stereocenters. The largest absolute Gasteiger partial charge is 0.393 e. The number of hydrogen-bond donors (Lipinski definition) is 2. The van der Waals surface area contributed by atoms with Crippen molar-refractivity contribution in [2.24, 2.45) is 5.92 Å². The number of nitro groups is 1. The summed E-state index contributed by atoms with van der Waals surface area (Å²) in [4.78, 5) is 9.60. The molecule has 104 valence electrons. The molecular formula is C12H14F2N2O3. The molecular weight excluding hydrogens is 258 g/mol. The number of anilines is 1. The van der Waals surface area contributed by atoms with E-state index in [4.69, 9.17) is 0 Å². The highest BCUT2D eigenvalue weighted by Gasteiger charge is 2.24. The molecule has 19 heavy (non-hydrogen) atoms. The SMILES string of the molecule is O=[N+]([O-])c1cc(F)c(NCC2CCC(O)C2)c(F)c1. The number of hydrogen-bond acceptors (Lipinski definition) is 4. The summed E-state index contributed by atoms with van der Waals surface area (Å²) in [5.41, 5.74) is -0.969. The molecule has 0 bridgehead atoms.